The van der Waals surface area contributed by atoms with Crippen LogP contribution in [0.1, 0.15) is 41.9 Å². The highest BCUT2D eigenvalue weighted by atomic mass is 19.1. The standard InChI is InChI=1S/C17H24FN3/c1-5-10-19-17(14-8-6-7-9-16(14)18)11-15-12(2)20-21(4)13(15)3/h6-9,17,19H,5,10-11H2,1-4H3. The Hall–Kier alpha value is -1.68. The van der Waals surface area contributed by atoms with E-state index in [4.69, 9.17) is 0 Å². The van der Waals surface area contributed by atoms with Crippen molar-refractivity contribution in [1.29, 1.82) is 0 Å². The zero-order valence-corrected chi connectivity index (χ0v) is 13.3. The zero-order chi connectivity index (χ0) is 15.4. The van der Waals surface area contributed by atoms with Crippen molar-refractivity contribution in [2.24, 2.45) is 7.05 Å². The molecule has 2 aromatic rings. The minimum absolute atomic E-state index is 0.0206. The molecule has 0 aliphatic rings. The Balaban J connectivity index is 2.31. The highest BCUT2D eigenvalue weighted by Crippen LogP contribution is 2.24. The molecule has 3 nitrogen and oxygen atoms in total. The molecule has 1 aromatic heterocycles. The molecule has 0 spiro atoms. The number of nitrogens with one attached hydrogen (secondary N) is 1. The van der Waals surface area contributed by atoms with Gasteiger partial charge in [0.05, 0.1) is 5.69 Å². The number of hydrogen-bond donors (Lipinski definition) is 1. The van der Waals surface area contributed by atoms with Gasteiger partial charge in [0.1, 0.15) is 5.82 Å². The summed E-state index contributed by atoms with van der Waals surface area (Å²) >= 11 is 0. The molecule has 0 aliphatic carbocycles. The van der Waals surface area contributed by atoms with Crippen LogP contribution in [0.25, 0.3) is 0 Å². The summed E-state index contributed by atoms with van der Waals surface area (Å²) in [5.74, 6) is -0.148. The van der Waals surface area contributed by atoms with Gasteiger partial charge in [-0.1, -0.05) is 25.1 Å². The van der Waals surface area contributed by atoms with E-state index < -0.39 is 0 Å². The number of halogens is 1. The number of nitrogens with zero attached hydrogens (tertiary/aromatic N) is 2. The van der Waals surface area contributed by atoms with Crippen molar-refractivity contribution in [2.45, 2.75) is 39.7 Å². The van der Waals surface area contributed by atoms with Crippen molar-refractivity contribution in [2.75, 3.05) is 6.54 Å². The van der Waals surface area contributed by atoms with Crippen molar-refractivity contribution in [3.05, 3.63) is 52.6 Å². The fraction of sp³-hybridized carbons (Fsp3) is 0.471. The smallest absolute Gasteiger partial charge is 0.127 e. The highest BCUT2D eigenvalue weighted by molar-refractivity contribution is 5.29. The van der Waals surface area contributed by atoms with E-state index in [1.807, 2.05) is 30.8 Å². The molecular weight excluding hydrogens is 265 g/mol. The van der Waals surface area contributed by atoms with Crippen LogP contribution in [0.15, 0.2) is 24.3 Å². The van der Waals surface area contributed by atoms with Crippen LogP contribution in [-0.2, 0) is 13.5 Å². The van der Waals surface area contributed by atoms with Gasteiger partial charge < -0.3 is 5.32 Å². The average molecular weight is 289 g/mol. The summed E-state index contributed by atoms with van der Waals surface area (Å²) in [7, 11) is 1.95. The van der Waals surface area contributed by atoms with Crippen LogP contribution in [0.5, 0.6) is 0 Å². The van der Waals surface area contributed by atoms with E-state index in [-0.39, 0.29) is 11.9 Å². The monoisotopic (exact) mass is 289 g/mol. The highest BCUT2D eigenvalue weighted by Gasteiger charge is 2.19. The number of rotatable bonds is 6. The second-order valence-electron chi connectivity index (χ2n) is 5.51. The van der Waals surface area contributed by atoms with Crippen LogP contribution >= 0.6 is 0 Å². The van der Waals surface area contributed by atoms with Gasteiger partial charge in [-0.3, -0.25) is 4.68 Å². The molecule has 1 unspecified atom stereocenters. The lowest BCUT2D eigenvalue weighted by molar-refractivity contribution is 0.495. The number of aryl methyl sites for hydroxylation is 2. The summed E-state index contributed by atoms with van der Waals surface area (Å²) in [6.07, 6.45) is 1.78. The quantitative estimate of drug-likeness (QED) is 0.882. The molecule has 2 rings (SSSR count). The predicted molar refractivity (Wildman–Crippen MR) is 83.8 cm³/mol. The number of aromatic nitrogens is 2. The largest absolute Gasteiger partial charge is 0.310 e. The van der Waals surface area contributed by atoms with Crippen LogP contribution in [0.4, 0.5) is 4.39 Å². The topological polar surface area (TPSA) is 29.9 Å². The maximum atomic E-state index is 14.1. The van der Waals surface area contributed by atoms with E-state index in [0.29, 0.717) is 0 Å². The van der Waals surface area contributed by atoms with Gasteiger partial charge in [0.15, 0.2) is 0 Å². The number of benzene rings is 1. The first kappa shape index (κ1) is 15.7. The summed E-state index contributed by atoms with van der Waals surface area (Å²) in [5.41, 5.74) is 4.10. The molecule has 0 radical (unpaired) electrons. The Bertz CT molecular complexity index is 604. The number of hydrogen-bond acceptors (Lipinski definition) is 2. The summed E-state index contributed by atoms with van der Waals surface area (Å²) in [6.45, 7) is 7.07. The first-order chi connectivity index (χ1) is 10.0. The maximum absolute atomic E-state index is 14.1. The first-order valence-electron chi connectivity index (χ1n) is 7.51. The molecule has 1 aromatic carbocycles. The summed E-state index contributed by atoms with van der Waals surface area (Å²) in [6, 6.07) is 6.99. The molecule has 4 heteroatoms. The van der Waals surface area contributed by atoms with Crippen molar-refractivity contribution >= 4 is 0 Å². The summed E-state index contributed by atoms with van der Waals surface area (Å²) in [4.78, 5) is 0. The van der Waals surface area contributed by atoms with Crippen molar-refractivity contribution < 1.29 is 4.39 Å². The van der Waals surface area contributed by atoms with Crippen LogP contribution in [0.2, 0.25) is 0 Å². The fourth-order valence-electron chi connectivity index (χ4n) is 2.69. The molecule has 0 saturated carbocycles. The van der Waals surface area contributed by atoms with Crippen LogP contribution in [0, 0.1) is 19.7 Å². The Morgan fingerprint density at radius 1 is 1.29 bits per heavy atom. The molecule has 1 atom stereocenters. The lowest BCUT2D eigenvalue weighted by Crippen LogP contribution is -2.25. The predicted octanol–water partition coefficient (Wildman–Crippen LogP) is 3.46. The average Bonchev–Trinajstić information content (AvgIpc) is 2.70. The van der Waals surface area contributed by atoms with Crippen LogP contribution in [-0.4, -0.2) is 16.3 Å². The van der Waals surface area contributed by atoms with Crippen LogP contribution in [0.3, 0.4) is 0 Å². The summed E-state index contributed by atoms with van der Waals surface area (Å²) in [5, 5.41) is 7.92. The molecule has 114 valence electrons. The van der Waals surface area contributed by atoms with E-state index in [1.54, 1.807) is 6.07 Å². The Kier molecular flexibility index (Phi) is 5.12. The Morgan fingerprint density at radius 2 is 2.00 bits per heavy atom. The second-order valence-corrected chi connectivity index (χ2v) is 5.51. The third kappa shape index (κ3) is 3.50. The first-order valence-corrected chi connectivity index (χ1v) is 7.51. The van der Waals surface area contributed by atoms with Crippen LogP contribution < -0.4 is 5.32 Å². The maximum Gasteiger partial charge on any atom is 0.127 e. The van der Waals surface area contributed by atoms with Gasteiger partial charge in [0, 0.05) is 24.3 Å². The minimum Gasteiger partial charge on any atom is -0.310 e. The molecule has 0 bridgehead atoms. The van der Waals surface area contributed by atoms with Gasteiger partial charge >= 0.3 is 0 Å². The van der Waals surface area contributed by atoms with Gasteiger partial charge in [0.2, 0.25) is 0 Å². The van der Waals surface area contributed by atoms with Gasteiger partial charge in [-0.25, -0.2) is 4.39 Å². The van der Waals surface area contributed by atoms with Gasteiger partial charge in [-0.05, 0) is 44.9 Å². The molecule has 0 fully saturated rings. The van der Waals surface area contributed by atoms with Gasteiger partial charge in [-0.15, -0.1) is 0 Å². The van der Waals surface area contributed by atoms with E-state index in [2.05, 4.69) is 24.3 Å². The second kappa shape index (κ2) is 6.85. The SMILES string of the molecule is CCCNC(Cc1c(C)nn(C)c1C)c1ccccc1F. The van der Waals surface area contributed by atoms with Crippen molar-refractivity contribution in [3.8, 4) is 0 Å². The molecule has 1 N–H and O–H groups in total. The van der Waals surface area contributed by atoms with E-state index in [0.717, 1.165) is 36.3 Å². The van der Waals surface area contributed by atoms with E-state index in [9.17, 15) is 4.39 Å². The van der Waals surface area contributed by atoms with Crippen molar-refractivity contribution in [3.63, 3.8) is 0 Å². The minimum atomic E-state index is -0.148. The molecule has 0 saturated heterocycles. The molecule has 0 amide bonds. The lowest BCUT2D eigenvalue weighted by Gasteiger charge is -2.20. The Morgan fingerprint density at radius 3 is 2.57 bits per heavy atom. The Labute approximate surface area is 126 Å². The third-order valence-corrected chi connectivity index (χ3v) is 3.99. The molecular formula is C17H24FN3. The normalized spacial score (nSPS) is 12.6. The van der Waals surface area contributed by atoms with E-state index in [1.165, 1.54) is 11.6 Å². The summed E-state index contributed by atoms with van der Waals surface area (Å²) < 4.78 is 16.0. The van der Waals surface area contributed by atoms with Crippen molar-refractivity contribution in [1.82, 2.24) is 15.1 Å². The molecule has 1 heterocycles. The molecule has 21 heavy (non-hydrogen) atoms. The lowest BCUT2D eigenvalue weighted by atomic mass is 9.97. The fourth-order valence-corrected chi connectivity index (χ4v) is 2.69. The van der Waals surface area contributed by atoms with E-state index >= 15 is 0 Å². The van der Waals surface area contributed by atoms with Gasteiger partial charge in [-0.2, -0.15) is 5.10 Å². The zero-order valence-electron chi connectivity index (χ0n) is 13.3. The molecule has 0 aliphatic heterocycles. The van der Waals surface area contributed by atoms with Gasteiger partial charge in [0.25, 0.3) is 0 Å². The third-order valence-electron chi connectivity index (χ3n) is 3.99.